The number of amides is 1. The van der Waals surface area contributed by atoms with Crippen LogP contribution in [0.4, 0.5) is 5.69 Å². The highest BCUT2D eigenvalue weighted by molar-refractivity contribution is 7.89. The summed E-state index contributed by atoms with van der Waals surface area (Å²) >= 11 is 0. The number of anilines is 1. The lowest BCUT2D eigenvalue weighted by Gasteiger charge is -2.36. The lowest BCUT2D eigenvalue weighted by atomic mass is 10.2. The zero-order valence-corrected chi connectivity index (χ0v) is 20.7. The van der Waals surface area contributed by atoms with E-state index >= 15 is 0 Å². The zero-order chi connectivity index (χ0) is 24.5. The van der Waals surface area contributed by atoms with Gasteiger partial charge in [0.1, 0.15) is 11.3 Å². The molecule has 1 saturated heterocycles. The number of carbonyl (C=O) groups is 1. The summed E-state index contributed by atoms with van der Waals surface area (Å²) in [5.74, 6) is 0.581. The van der Waals surface area contributed by atoms with Crippen LogP contribution in [0.25, 0.3) is 11.0 Å². The maximum atomic E-state index is 13.1. The first kappa shape index (κ1) is 24.0. The number of rotatable bonds is 7. The molecule has 182 valence electrons. The molecule has 1 fully saturated rings. The Hall–Kier alpha value is -3.18. The van der Waals surface area contributed by atoms with Gasteiger partial charge >= 0.3 is 0 Å². The third-order valence-electron chi connectivity index (χ3n) is 6.07. The third-order valence-corrected chi connectivity index (χ3v) is 7.87. The second-order valence-corrected chi connectivity index (χ2v) is 10.7. The minimum absolute atomic E-state index is 0.0930. The van der Waals surface area contributed by atoms with Gasteiger partial charge in [0.25, 0.3) is 0 Å². The summed E-state index contributed by atoms with van der Waals surface area (Å²) < 4.78 is 34.2. The number of piperazine rings is 1. The second kappa shape index (κ2) is 9.59. The molecule has 0 N–H and O–H groups in total. The van der Waals surface area contributed by atoms with Crippen LogP contribution in [0, 0.1) is 0 Å². The number of hydrogen-bond acceptors (Lipinski definition) is 7. The molecule has 10 nitrogen and oxygen atoms in total. The summed E-state index contributed by atoms with van der Waals surface area (Å²) in [5, 5.41) is 8.19. The van der Waals surface area contributed by atoms with E-state index in [4.69, 9.17) is 4.74 Å². The van der Waals surface area contributed by atoms with Crippen LogP contribution in [-0.4, -0.2) is 85.4 Å². The van der Waals surface area contributed by atoms with E-state index in [2.05, 4.69) is 15.2 Å². The van der Waals surface area contributed by atoms with Gasteiger partial charge < -0.3 is 14.5 Å². The van der Waals surface area contributed by atoms with Crippen molar-refractivity contribution in [2.75, 3.05) is 51.8 Å². The van der Waals surface area contributed by atoms with E-state index in [-0.39, 0.29) is 23.4 Å². The molecule has 1 aliphatic heterocycles. The van der Waals surface area contributed by atoms with Gasteiger partial charge in [-0.2, -0.15) is 4.31 Å². The molecule has 1 amide bonds. The van der Waals surface area contributed by atoms with E-state index in [1.807, 2.05) is 38.1 Å². The van der Waals surface area contributed by atoms with Gasteiger partial charge in [-0.25, -0.2) is 13.1 Å². The maximum absolute atomic E-state index is 13.1. The largest absolute Gasteiger partial charge is 0.497 e. The van der Waals surface area contributed by atoms with Crippen molar-refractivity contribution in [1.29, 1.82) is 0 Å². The van der Waals surface area contributed by atoms with Crippen molar-refractivity contribution in [2.24, 2.45) is 0 Å². The van der Waals surface area contributed by atoms with Gasteiger partial charge in [0.2, 0.25) is 15.9 Å². The van der Waals surface area contributed by atoms with E-state index in [9.17, 15) is 13.2 Å². The Morgan fingerprint density at radius 2 is 1.76 bits per heavy atom. The Morgan fingerprint density at radius 1 is 1.09 bits per heavy atom. The Morgan fingerprint density at radius 3 is 2.38 bits per heavy atom. The number of carbonyl (C=O) groups excluding carboxylic acids is 1. The smallest absolute Gasteiger partial charge is 0.243 e. The summed E-state index contributed by atoms with van der Waals surface area (Å²) in [5.41, 5.74) is 2.34. The van der Waals surface area contributed by atoms with Crippen molar-refractivity contribution in [3.63, 3.8) is 0 Å². The Balaban J connectivity index is 1.38. The normalized spacial score (nSPS) is 14.9. The highest BCUT2D eigenvalue weighted by Gasteiger charge is 2.28. The zero-order valence-electron chi connectivity index (χ0n) is 19.9. The fraction of sp³-hybridized carbons (Fsp3) is 0.435. The summed E-state index contributed by atoms with van der Waals surface area (Å²) in [6.07, 6.45) is 0. The molecule has 4 rings (SSSR count). The predicted octanol–water partition coefficient (Wildman–Crippen LogP) is 1.99. The number of fused-ring (bicyclic) bond motifs is 1. The summed E-state index contributed by atoms with van der Waals surface area (Å²) in [4.78, 5) is 16.9. The van der Waals surface area contributed by atoms with Crippen LogP contribution < -0.4 is 9.64 Å². The molecule has 2 heterocycles. The van der Waals surface area contributed by atoms with Crippen LogP contribution in [0.1, 0.15) is 19.9 Å². The molecule has 0 saturated carbocycles. The van der Waals surface area contributed by atoms with Crippen LogP contribution in [0.2, 0.25) is 0 Å². The molecule has 0 spiro atoms. The minimum atomic E-state index is -3.85. The highest BCUT2D eigenvalue weighted by Crippen LogP contribution is 2.23. The first-order chi connectivity index (χ1) is 16.2. The number of methoxy groups -OCH3 is 1. The Labute approximate surface area is 199 Å². The van der Waals surface area contributed by atoms with Crippen molar-refractivity contribution < 1.29 is 17.9 Å². The van der Waals surface area contributed by atoms with Gasteiger partial charge in [0.15, 0.2) is 0 Å². The number of nitrogens with zero attached hydrogens (tertiary/aromatic N) is 6. The molecule has 0 radical (unpaired) electrons. The van der Waals surface area contributed by atoms with E-state index in [0.29, 0.717) is 31.7 Å². The molecule has 3 aromatic rings. The summed E-state index contributed by atoms with van der Waals surface area (Å²) in [6.45, 7) is 6.16. The number of sulfonamides is 1. The average Bonchev–Trinajstić information content (AvgIpc) is 3.28. The summed E-state index contributed by atoms with van der Waals surface area (Å²) in [6, 6.07) is 12.7. The molecular weight excluding hydrogens is 456 g/mol. The quantitative estimate of drug-likeness (QED) is 0.503. The van der Waals surface area contributed by atoms with Gasteiger partial charge in [0.05, 0.1) is 24.1 Å². The van der Waals surface area contributed by atoms with Crippen molar-refractivity contribution in [1.82, 2.24) is 24.2 Å². The minimum Gasteiger partial charge on any atom is -0.497 e. The molecular formula is C23H30N6O4S. The molecule has 0 aliphatic carbocycles. The topological polar surface area (TPSA) is 101 Å². The standard InChI is InChI=1S/C23H30N6O4S/c1-17(2)29-22-10-9-20(15-21(22)24-25-29)34(31,32)26(3)16-23(30)28-13-11-27(12-14-28)18-5-7-19(33-4)8-6-18/h5-10,15,17H,11-14,16H2,1-4H3. The van der Waals surface area contributed by atoms with Crippen molar-refractivity contribution in [3.05, 3.63) is 42.5 Å². The van der Waals surface area contributed by atoms with Crippen molar-refractivity contribution >= 4 is 32.7 Å². The lowest BCUT2D eigenvalue weighted by molar-refractivity contribution is -0.131. The average molecular weight is 487 g/mol. The third kappa shape index (κ3) is 4.71. The predicted molar refractivity (Wildman–Crippen MR) is 130 cm³/mol. The molecule has 0 atom stereocenters. The Bertz CT molecular complexity index is 1260. The molecule has 0 bridgehead atoms. The van der Waals surface area contributed by atoms with E-state index in [1.54, 1.807) is 22.8 Å². The van der Waals surface area contributed by atoms with Crippen LogP contribution in [0.5, 0.6) is 5.75 Å². The Kier molecular flexibility index (Phi) is 6.76. The fourth-order valence-corrected chi connectivity index (χ4v) is 5.17. The van der Waals surface area contributed by atoms with Crippen LogP contribution in [0.15, 0.2) is 47.4 Å². The van der Waals surface area contributed by atoms with E-state index < -0.39 is 10.0 Å². The molecule has 1 aromatic heterocycles. The first-order valence-corrected chi connectivity index (χ1v) is 12.6. The van der Waals surface area contributed by atoms with Gasteiger partial charge in [-0.1, -0.05) is 5.21 Å². The molecule has 2 aromatic carbocycles. The van der Waals surface area contributed by atoms with Crippen LogP contribution in [0.3, 0.4) is 0 Å². The van der Waals surface area contributed by atoms with E-state index in [1.165, 1.54) is 19.2 Å². The number of hydrogen-bond donors (Lipinski definition) is 0. The van der Waals surface area contributed by atoms with Crippen LogP contribution >= 0.6 is 0 Å². The fourth-order valence-electron chi connectivity index (χ4n) is 4.03. The van der Waals surface area contributed by atoms with Gasteiger partial charge in [-0.15, -0.1) is 5.10 Å². The van der Waals surface area contributed by atoms with Crippen molar-refractivity contribution in [2.45, 2.75) is 24.8 Å². The maximum Gasteiger partial charge on any atom is 0.243 e. The number of benzene rings is 2. The van der Waals surface area contributed by atoms with Crippen molar-refractivity contribution in [3.8, 4) is 5.75 Å². The molecule has 11 heteroatoms. The van der Waals surface area contributed by atoms with Crippen LogP contribution in [-0.2, 0) is 14.8 Å². The van der Waals surface area contributed by atoms with Gasteiger partial charge in [-0.3, -0.25) is 4.79 Å². The first-order valence-electron chi connectivity index (χ1n) is 11.2. The highest BCUT2D eigenvalue weighted by atomic mass is 32.2. The second-order valence-electron chi connectivity index (χ2n) is 8.61. The molecule has 34 heavy (non-hydrogen) atoms. The monoisotopic (exact) mass is 486 g/mol. The summed E-state index contributed by atoms with van der Waals surface area (Å²) in [7, 11) is -0.791. The number of aromatic nitrogens is 3. The number of likely N-dealkylation sites (N-methyl/N-ethyl adjacent to an activating group) is 1. The molecule has 1 aliphatic rings. The van der Waals surface area contributed by atoms with Gasteiger partial charge in [0, 0.05) is 45.0 Å². The van der Waals surface area contributed by atoms with E-state index in [0.717, 1.165) is 21.3 Å². The number of ether oxygens (including phenoxy) is 1. The van der Waals surface area contributed by atoms with Gasteiger partial charge in [-0.05, 0) is 56.3 Å². The lowest BCUT2D eigenvalue weighted by Crippen LogP contribution is -2.51. The molecule has 0 unspecified atom stereocenters. The SMILES string of the molecule is COc1ccc(N2CCN(C(=O)CN(C)S(=O)(=O)c3ccc4c(c3)nnn4C(C)C)CC2)cc1.